The Morgan fingerprint density at radius 3 is 1.80 bits per heavy atom. The summed E-state index contributed by atoms with van der Waals surface area (Å²) in [4.78, 5) is 10.4. The minimum absolute atomic E-state index is 0.281. The zero-order valence-corrected chi connectivity index (χ0v) is 28.0. The van der Waals surface area contributed by atoms with Gasteiger partial charge in [-0.3, -0.25) is 0 Å². The van der Waals surface area contributed by atoms with Gasteiger partial charge >= 0.3 is 0 Å². The topological polar surface area (TPSA) is 38.9 Å². The first kappa shape index (κ1) is 29.3. The van der Waals surface area contributed by atoms with Gasteiger partial charge in [-0.1, -0.05) is 140 Å². The van der Waals surface area contributed by atoms with Crippen LogP contribution < -0.4 is 0 Å². The summed E-state index contributed by atoms with van der Waals surface area (Å²) in [6.07, 6.45) is 0. The van der Waals surface area contributed by atoms with Crippen LogP contribution in [-0.2, 0) is 5.41 Å². The Labute approximate surface area is 296 Å². The van der Waals surface area contributed by atoms with E-state index in [2.05, 4.69) is 146 Å². The third-order valence-corrected chi connectivity index (χ3v) is 10.6. The molecule has 0 bridgehead atoms. The van der Waals surface area contributed by atoms with Gasteiger partial charge in [-0.2, -0.15) is 0 Å². The molecule has 0 aliphatic heterocycles. The summed E-state index contributed by atoms with van der Waals surface area (Å²) < 4.78 is 6.15. The van der Waals surface area contributed by atoms with Gasteiger partial charge in [0.05, 0.1) is 11.4 Å². The summed E-state index contributed by atoms with van der Waals surface area (Å²) in [7, 11) is 0. The quantitative estimate of drug-likeness (QED) is 0.186. The second kappa shape index (κ2) is 11.5. The van der Waals surface area contributed by atoms with E-state index in [-0.39, 0.29) is 5.41 Å². The molecule has 1 aliphatic rings. The second-order valence-corrected chi connectivity index (χ2v) is 13.5. The number of para-hydroxylation sites is 1. The van der Waals surface area contributed by atoms with Crippen molar-refractivity contribution in [1.82, 2.24) is 9.97 Å². The van der Waals surface area contributed by atoms with Crippen LogP contribution in [0.5, 0.6) is 0 Å². The van der Waals surface area contributed by atoms with Gasteiger partial charge in [0.25, 0.3) is 0 Å². The molecule has 0 spiro atoms. The summed E-state index contributed by atoms with van der Waals surface area (Å²) >= 11 is 0. The molecule has 1 aliphatic carbocycles. The van der Waals surface area contributed by atoms with E-state index in [9.17, 15) is 0 Å². The molecule has 3 nitrogen and oxygen atoms in total. The zero-order chi connectivity index (χ0) is 33.9. The predicted molar refractivity (Wildman–Crippen MR) is 208 cm³/mol. The van der Waals surface area contributed by atoms with Crippen LogP contribution in [0.2, 0.25) is 0 Å². The predicted octanol–water partition coefficient (Wildman–Crippen LogP) is 12.4. The maximum Gasteiger partial charge on any atom is 0.160 e. The number of hydrogen-bond acceptors (Lipinski definition) is 3. The van der Waals surface area contributed by atoms with Gasteiger partial charge < -0.3 is 4.42 Å². The van der Waals surface area contributed by atoms with Crippen molar-refractivity contribution in [2.75, 3.05) is 0 Å². The van der Waals surface area contributed by atoms with E-state index in [0.29, 0.717) is 5.82 Å². The number of furan rings is 1. The van der Waals surface area contributed by atoms with Crippen LogP contribution in [0, 0.1) is 0 Å². The minimum atomic E-state index is -0.281. The van der Waals surface area contributed by atoms with E-state index in [1.165, 1.54) is 27.8 Å². The molecule has 0 N–H and O–H groups in total. The molecule has 3 heteroatoms. The summed E-state index contributed by atoms with van der Waals surface area (Å²) in [5.74, 6) is 0.690. The lowest BCUT2D eigenvalue weighted by molar-refractivity contribution is 0.669. The van der Waals surface area contributed by atoms with Crippen molar-refractivity contribution in [3.63, 3.8) is 0 Å². The van der Waals surface area contributed by atoms with Crippen molar-refractivity contribution in [1.29, 1.82) is 0 Å². The molecule has 2 heterocycles. The number of aromatic nitrogens is 2. The molecule has 7 aromatic carbocycles. The first-order valence-electron chi connectivity index (χ1n) is 17.4. The third kappa shape index (κ3) is 4.66. The Morgan fingerprint density at radius 2 is 1.02 bits per heavy atom. The number of hydrogen-bond donors (Lipinski definition) is 0. The molecule has 0 unspecified atom stereocenters. The van der Waals surface area contributed by atoms with E-state index < -0.39 is 0 Å². The van der Waals surface area contributed by atoms with Gasteiger partial charge in [0.2, 0.25) is 0 Å². The number of rotatable bonds is 5. The number of nitrogens with zero attached hydrogens (tertiary/aromatic N) is 2. The van der Waals surface area contributed by atoms with E-state index in [1.807, 2.05) is 36.4 Å². The maximum atomic E-state index is 6.15. The smallest absolute Gasteiger partial charge is 0.160 e. The van der Waals surface area contributed by atoms with Crippen LogP contribution in [0.25, 0.3) is 78.1 Å². The van der Waals surface area contributed by atoms with Gasteiger partial charge in [0.1, 0.15) is 11.2 Å². The average molecular weight is 653 g/mol. The highest BCUT2D eigenvalue weighted by atomic mass is 16.3. The van der Waals surface area contributed by atoms with Gasteiger partial charge in [0.15, 0.2) is 5.82 Å². The lowest BCUT2D eigenvalue weighted by Crippen LogP contribution is -2.22. The molecule has 0 radical (unpaired) electrons. The molecular weight excluding hydrogens is 621 g/mol. The molecule has 0 amide bonds. The monoisotopic (exact) mass is 652 g/mol. The van der Waals surface area contributed by atoms with E-state index in [1.54, 1.807) is 0 Å². The van der Waals surface area contributed by atoms with Gasteiger partial charge in [0, 0.05) is 32.9 Å². The van der Waals surface area contributed by atoms with Crippen molar-refractivity contribution in [3.05, 3.63) is 193 Å². The summed E-state index contributed by atoms with van der Waals surface area (Å²) in [5, 5.41) is 2.17. The molecular formula is C48H32N2O. The van der Waals surface area contributed by atoms with Crippen LogP contribution in [-0.4, -0.2) is 9.97 Å². The van der Waals surface area contributed by atoms with Crippen molar-refractivity contribution in [2.45, 2.75) is 12.3 Å². The Balaban J connectivity index is 1.14. The van der Waals surface area contributed by atoms with E-state index >= 15 is 0 Å². The molecule has 10 rings (SSSR count). The molecule has 0 atom stereocenters. The van der Waals surface area contributed by atoms with E-state index in [4.69, 9.17) is 14.4 Å². The van der Waals surface area contributed by atoms with Crippen molar-refractivity contribution < 1.29 is 4.42 Å². The fraction of sp³-hybridized carbons (Fsp3) is 0.0417. The van der Waals surface area contributed by atoms with Crippen molar-refractivity contribution >= 4 is 21.9 Å². The van der Waals surface area contributed by atoms with Gasteiger partial charge in [-0.25, -0.2) is 9.97 Å². The minimum Gasteiger partial charge on any atom is -0.456 e. The fourth-order valence-electron chi connectivity index (χ4n) is 8.05. The molecule has 2 aromatic heterocycles. The van der Waals surface area contributed by atoms with Crippen LogP contribution in [0.3, 0.4) is 0 Å². The van der Waals surface area contributed by atoms with Crippen LogP contribution in [0.4, 0.5) is 0 Å². The highest BCUT2D eigenvalue weighted by Crippen LogP contribution is 2.52. The first-order chi connectivity index (χ1) is 25.1. The third-order valence-electron chi connectivity index (χ3n) is 10.6. The maximum absolute atomic E-state index is 6.15. The van der Waals surface area contributed by atoms with Gasteiger partial charge in [-0.05, 0) is 82.3 Å². The normalized spacial score (nSPS) is 13.0. The highest BCUT2D eigenvalue weighted by molar-refractivity contribution is 6.06. The Kier molecular flexibility index (Phi) is 6.62. The number of benzene rings is 7. The average Bonchev–Trinajstić information content (AvgIpc) is 3.71. The largest absolute Gasteiger partial charge is 0.456 e. The van der Waals surface area contributed by atoms with Crippen molar-refractivity contribution in [3.8, 4) is 56.2 Å². The lowest BCUT2D eigenvalue weighted by Gasteiger charge is -2.29. The Bertz CT molecular complexity index is 2730. The standard InChI is InChI=1S/C48H32N2O/c1-48(41-23-10-7-19-36(41)37-20-8-11-24-42(37)48)34-17-13-16-32(28-34)35-18-5-6-21-38(35)44-30-43(49-47(50-44)31-14-3-2-4-15-31)33-26-27-46-40(29-33)39-22-9-12-25-45(39)51-46/h2-30H,1H3. The highest BCUT2D eigenvalue weighted by Gasteiger charge is 2.40. The molecule has 51 heavy (non-hydrogen) atoms. The molecule has 240 valence electrons. The first-order valence-corrected chi connectivity index (χ1v) is 17.4. The lowest BCUT2D eigenvalue weighted by atomic mass is 9.73. The van der Waals surface area contributed by atoms with Gasteiger partial charge in [-0.15, -0.1) is 0 Å². The summed E-state index contributed by atoms with van der Waals surface area (Å²) in [5.41, 5.74) is 15.1. The van der Waals surface area contributed by atoms with Crippen molar-refractivity contribution in [2.24, 2.45) is 0 Å². The summed E-state index contributed by atoms with van der Waals surface area (Å²) in [6, 6.07) is 62.2. The molecule has 0 saturated carbocycles. The number of fused-ring (bicyclic) bond motifs is 6. The SMILES string of the molecule is CC1(c2cccc(-c3ccccc3-c3cc(-c4ccc5oc6ccccc6c5c4)nc(-c4ccccc4)n3)c2)c2ccccc2-c2ccccc21. The Morgan fingerprint density at radius 1 is 0.412 bits per heavy atom. The van der Waals surface area contributed by atoms with Crippen LogP contribution >= 0.6 is 0 Å². The summed E-state index contributed by atoms with van der Waals surface area (Å²) in [6.45, 7) is 2.37. The van der Waals surface area contributed by atoms with Crippen LogP contribution in [0.15, 0.2) is 180 Å². The fourth-order valence-corrected chi connectivity index (χ4v) is 8.05. The van der Waals surface area contributed by atoms with Crippen LogP contribution in [0.1, 0.15) is 23.6 Å². The second-order valence-electron chi connectivity index (χ2n) is 13.5. The van der Waals surface area contributed by atoms with E-state index in [0.717, 1.165) is 61.1 Å². The molecule has 0 fully saturated rings. The Hall–Kier alpha value is -6.58. The molecule has 0 saturated heterocycles. The zero-order valence-electron chi connectivity index (χ0n) is 28.0. The molecule has 9 aromatic rings.